The summed E-state index contributed by atoms with van der Waals surface area (Å²) in [7, 11) is 1.77. The van der Waals surface area contributed by atoms with E-state index in [1.54, 1.807) is 24.2 Å². The molecule has 0 radical (unpaired) electrons. The number of ether oxygens (including phenoxy) is 2. The molecule has 1 saturated heterocycles. The van der Waals surface area contributed by atoms with Gasteiger partial charge in [-0.15, -0.1) is 0 Å². The summed E-state index contributed by atoms with van der Waals surface area (Å²) in [4.78, 5) is 18.3. The maximum atomic E-state index is 12.5. The quantitative estimate of drug-likeness (QED) is 0.756. The molecule has 3 heterocycles. The van der Waals surface area contributed by atoms with Crippen molar-refractivity contribution < 1.29 is 18.8 Å². The van der Waals surface area contributed by atoms with Gasteiger partial charge in [-0.3, -0.25) is 9.78 Å². The Morgan fingerprint density at radius 2 is 2.27 bits per heavy atom. The van der Waals surface area contributed by atoms with Gasteiger partial charge >= 0.3 is 0 Å². The SMILES string of the molecule is Cc1ccc(OCc2cc(C(=O)N(C)CC[C@@H]3CCCCO3)no2)cn1. The molecule has 2 aromatic heterocycles. The fraction of sp³-hybridized carbons (Fsp3) is 0.526. The molecular formula is C19H25N3O4. The molecule has 1 fully saturated rings. The number of hydrogen-bond acceptors (Lipinski definition) is 6. The van der Waals surface area contributed by atoms with Crippen LogP contribution in [0.1, 0.15) is 47.6 Å². The molecule has 26 heavy (non-hydrogen) atoms. The molecule has 7 heteroatoms. The number of rotatable bonds is 7. The van der Waals surface area contributed by atoms with E-state index in [2.05, 4.69) is 10.1 Å². The first-order valence-corrected chi connectivity index (χ1v) is 9.00. The molecule has 0 saturated carbocycles. The Kier molecular flexibility index (Phi) is 6.22. The van der Waals surface area contributed by atoms with Crippen molar-refractivity contribution in [2.24, 2.45) is 0 Å². The number of pyridine rings is 1. The second kappa shape index (κ2) is 8.80. The fourth-order valence-electron chi connectivity index (χ4n) is 2.85. The number of hydrogen-bond donors (Lipinski definition) is 0. The number of aryl methyl sites for hydroxylation is 1. The first kappa shape index (κ1) is 18.4. The Morgan fingerprint density at radius 1 is 1.38 bits per heavy atom. The van der Waals surface area contributed by atoms with E-state index in [4.69, 9.17) is 14.0 Å². The molecule has 0 N–H and O–H groups in total. The summed E-state index contributed by atoms with van der Waals surface area (Å²) in [5.41, 5.74) is 1.21. The lowest BCUT2D eigenvalue weighted by Gasteiger charge is -2.24. The maximum absolute atomic E-state index is 12.5. The first-order chi connectivity index (χ1) is 12.6. The smallest absolute Gasteiger partial charge is 0.275 e. The van der Waals surface area contributed by atoms with E-state index in [-0.39, 0.29) is 24.3 Å². The van der Waals surface area contributed by atoms with Crippen molar-refractivity contribution in [1.29, 1.82) is 0 Å². The van der Waals surface area contributed by atoms with E-state index in [9.17, 15) is 4.79 Å². The predicted octanol–water partition coefficient (Wildman–Crippen LogP) is 2.99. The van der Waals surface area contributed by atoms with E-state index >= 15 is 0 Å². The highest BCUT2D eigenvalue weighted by Gasteiger charge is 2.20. The maximum Gasteiger partial charge on any atom is 0.275 e. The third-order valence-corrected chi connectivity index (χ3v) is 4.45. The van der Waals surface area contributed by atoms with Gasteiger partial charge in [0.25, 0.3) is 5.91 Å². The van der Waals surface area contributed by atoms with Gasteiger partial charge in [0.1, 0.15) is 12.4 Å². The molecule has 1 atom stereocenters. The normalized spacial score (nSPS) is 17.1. The van der Waals surface area contributed by atoms with Gasteiger partial charge in [0.2, 0.25) is 0 Å². The summed E-state index contributed by atoms with van der Waals surface area (Å²) in [5, 5.41) is 3.87. The molecule has 1 aliphatic heterocycles. The summed E-state index contributed by atoms with van der Waals surface area (Å²) in [6, 6.07) is 5.33. The molecule has 0 bridgehead atoms. The largest absolute Gasteiger partial charge is 0.484 e. The van der Waals surface area contributed by atoms with Crippen molar-refractivity contribution in [2.75, 3.05) is 20.2 Å². The van der Waals surface area contributed by atoms with E-state index < -0.39 is 0 Å². The van der Waals surface area contributed by atoms with Crippen LogP contribution in [0.5, 0.6) is 5.75 Å². The average molecular weight is 359 g/mol. The summed E-state index contributed by atoms with van der Waals surface area (Å²) in [5.74, 6) is 0.982. The standard InChI is InChI=1S/C19H25N3O4/c1-14-6-7-16(12-20-14)25-13-17-11-18(21-26-17)19(23)22(2)9-8-15-5-3-4-10-24-15/h6-7,11-12,15H,3-5,8-10,13H2,1-2H3/t15-/m0/s1. The van der Waals surface area contributed by atoms with Crippen LogP contribution in [0.25, 0.3) is 0 Å². The van der Waals surface area contributed by atoms with Crippen molar-refractivity contribution >= 4 is 5.91 Å². The van der Waals surface area contributed by atoms with Crippen LogP contribution in [0.2, 0.25) is 0 Å². The van der Waals surface area contributed by atoms with Crippen LogP contribution >= 0.6 is 0 Å². The van der Waals surface area contributed by atoms with Crippen LogP contribution in [0.4, 0.5) is 0 Å². The monoisotopic (exact) mass is 359 g/mol. The molecule has 0 spiro atoms. The first-order valence-electron chi connectivity index (χ1n) is 9.00. The van der Waals surface area contributed by atoms with Crippen molar-refractivity contribution in [2.45, 2.75) is 45.3 Å². The number of carbonyl (C=O) groups excluding carboxylic acids is 1. The molecule has 0 aliphatic carbocycles. The highest BCUT2D eigenvalue weighted by atomic mass is 16.5. The topological polar surface area (TPSA) is 77.7 Å². The van der Waals surface area contributed by atoms with Crippen LogP contribution in [0.15, 0.2) is 28.9 Å². The average Bonchev–Trinajstić information content (AvgIpc) is 3.15. The minimum Gasteiger partial charge on any atom is -0.484 e. The second-order valence-corrected chi connectivity index (χ2v) is 6.61. The third kappa shape index (κ3) is 5.05. The number of nitrogens with zero attached hydrogens (tertiary/aromatic N) is 3. The van der Waals surface area contributed by atoms with Crippen molar-refractivity contribution in [3.05, 3.63) is 41.5 Å². The zero-order valence-electron chi connectivity index (χ0n) is 15.3. The molecule has 0 aromatic carbocycles. The summed E-state index contributed by atoms with van der Waals surface area (Å²) in [6.07, 6.45) is 6.15. The Labute approximate surface area is 153 Å². The minimum atomic E-state index is -0.159. The van der Waals surface area contributed by atoms with Crippen LogP contribution in [0.3, 0.4) is 0 Å². The molecule has 7 nitrogen and oxygen atoms in total. The number of carbonyl (C=O) groups is 1. The van der Waals surface area contributed by atoms with Crippen LogP contribution in [-0.2, 0) is 11.3 Å². The zero-order chi connectivity index (χ0) is 18.4. The molecule has 0 unspecified atom stereocenters. The fourth-order valence-corrected chi connectivity index (χ4v) is 2.85. The van der Waals surface area contributed by atoms with Crippen molar-refractivity contribution in [1.82, 2.24) is 15.0 Å². The van der Waals surface area contributed by atoms with E-state index in [1.165, 1.54) is 6.42 Å². The Bertz CT molecular complexity index is 708. The van der Waals surface area contributed by atoms with E-state index in [1.807, 2.05) is 19.1 Å². The van der Waals surface area contributed by atoms with Crippen LogP contribution in [0, 0.1) is 6.92 Å². The van der Waals surface area contributed by atoms with Gasteiger partial charge in [0.15, 0.2) is 11.5 Å². The van der Waals surface area contributed by atoms with Gasteiger partial charge in [-0.25, -0.2) is 0 Å². The van der Waals surface area contributed by atoms with Gasteiger partial charge in [-0.1, -0.05) is 5.16 Å². The van der Waals surface area contributed by atoms with Gasteiger partial charge in [0, 0.05) is 32.0 Å². The van der Waals surface area contributed by atoms with Gasteiger partial charge in [-0.05, 0) is 44.7 Å². The lowest BCUT2D eigenvalue weighted by molar-refractivity contribution is 0.00703. The molecule has 1 amide bonds. The summed E-state index contributed by atoms with van der Waals surface area (Å²) in [6.45, 7) is 3.57. The molecule has 1 aliphatic rings. The molecular weight excluding hydrogens is 334 g/mol. The third-order valence-electron chi connectivity index (χ3n) is 4.45. The molecule has 3 rings (SSSR count). The van der Waals surface area contributed by atoms with Gasteiger partial charge < -0.3 is 18.9 Å². The lowest BCUT2D eigenvalue weighted by Crippen LogP contribution is -2.31. The van der Waals surface area contributed by atoms with Crippen LogP contribution in [-0.4, -0.2) is 47.3 Å². The number of aromatic nitrogens is 2. The molecule has 2 aromatic rings. The minimum absolute atomic E-state index is 0.159. The predicted molar refractivity (Wildman–Crippen MR) is 95.0 cm³/mol. The zero-order valence-corrected chi connectivity index (χ0v) is 15.3. The summed E-state index contributed by atoms with van der Waals surface area (Å²) >= 11 is 0. The van der Waals surface area contributed by atoms with E-state index in [0.29, 0.717) is 18.1 Å². The van der Waals surface area contributed by atoms with Gasteiger partial charge in [0.05, 0.1) is 12.3 Å². The summed E-state index contributed by atoms with van der Waals surface area (Å²) < 4.78 is 16.5. The van der Waals surface area contributed by atoms with Crippen LogP contribution < -0.4 is 4.74 Å². The van der Waals surface area contributed by atoms with Crippen molar-refractivity contribution in [3.8, 4) is 5.75 Å². The number of amides is 1. The second-order valence-electron chi connectivity index (χ2n) is 6.61. The Hall–Kier alpha value is -2.41. The molecule has 140 valence electrons. The Balaban J connectivity index is 1.47. The highest BCUT2D eigenvalue weighted by Crippen LogP contribution is 2.17. The highest BCUT2D eigenvalue weighted by molar-refractivity contribution is 5.92. The lowest BCUT2D eigenvalue weighted by atomic mass is 10.1. The Morgan fingerprint density at radius 3 is 3.00 bits per heavy atom. The van der Waals surface area contributed by atoms with E-state index in [0.717, 1.165) is 31.6 Å². The van der Waals surface area contributed by atoms with Crippen molar-refractivity contribution in [3.63, 3.8) is 0 Å². The van der Waals surface area contributed by atoms with Gasteiger partial charge in [-0.2, -0.15) is 0 Å².